The van der Waals surface area contributed by atoms with Gasteiger partial charge in [0, 0.05) is 18.6 Å². The molecular weight excluding hydrogens is 376 g/mol. The first-order valence-electron chi connectivity index (χ1n) is 6.82. The van der Waals surface area contributed by atoms with Crippen LogP contribution < -0.4 is 14.8 Å². The number of carbonyl (C=O) groups is 1. The van der Waals surface area contributed by atoms with Crippen LogP contribution in [0.5, 0.6) is 11.5 Å². The van der Waals surface area contributed by atoms with E-state index in [1.54, 1.807) is 0 Å². The van der Waals surface area contributed by atoms with Crippen molar-refractivity contribution in [2.24, 2.45) is 0 Å². The minimum atomic E-state index is -3.18. The van der Waals surface area contributed by atoms with Gasteiger partial charge in [-0.15, -0.1) is 0 Å². The van der Waals surface area contributed by atoms with Crippen molar-refractivity contribution < 1.29 is 32.3 Å². The molecule has 1 amide bonds. The van der Waals surface area contributed by atoms with Crippen molar-refractivity contribution in [2.75, 3.05) is 32.8 Å². The fourth-order valence-corrected chi connectivity index (χ4v) is 3.38. The Labute approximate surface area is 148 Å². The molecule has 0 fully saturated rings. The van der Waals surface area contributed by atoms with E-state index in [-0.39, 0.29) is 41.7 Å². The lowest BCUT2D eigenvalue weighted by atomic mass is 10.1. The van der Waals surface area contributed by atoms with Gasteiger partial charge in [0.05, 0.1) is 30.8 Å². The van der Waals surface area contributed by atoms with Gasteiger partial charge in [-0.05, 0) is 16.9 Å². The maximum atomic E-state index is 11.6. The van der Waals surface area contributed by atoms with Crippen LogP contribution in [-0.2, 0) is 20.2 Å². The normalized spacial score (nSPS) is 10.8. The van der Waals surface area contributed by atoms with Gasteiger partial charge in [0.15, 0.2) is 20.4 Å². The number of hydrogen-bond donors (Lipinski definition) is 1. The van der Waals surface area contributed by atoms with Gasteiger partial charge in [0.1, 0.15) is 6.61 Å². The standard InChI is InChI=1S/C13H18N2O8S2/c1-21-11-6-9(10(15(17)18)7-12(11)22-2)8-23-13(16)14-4-5-24-25(3,19)20/h6-7H,4-5,8H2,1-3H3,(H,14,16). The second-order valence-electron chi connectivity index (χ2n) is 4.62. The molecule has 0 bridgehead atoms. The second kappa shape index (κ2) is 9.32. The van der Waals surface area contributed by atoms with Crippen molar-refractivity contribution in [3.05, 3.63) is 27.8 Å². The van der Waals surface area contributed by atoms with E-state index in [2.05, 4.69) is 5.32 Å². The number of carbonyl (C=O) groups excluding carboxylic acids is 1. The monoisotopic (exact) mass is 394 g/mol. The Balaban J connectivity index is 2.69. The lowest BCUT2D eigenvalue weighted by Crippen LogP contribution is -2.26. The zero-order valence-corrected chi connectivity index (χ0v) is 15.4. The second-order valence-corrected chi connectivity index (χ2v) is 9.20. The van der Waals surface area contributed by atoms with E-state index in [4.69, 9.17) is 14.2 Å². The molecule has 0 heterocycles. The summed E-state index contributed by atoms with van der Waals surface area (Å²) in [6, 6.07) is 2.53. The van der Waals surface area contributed by atoms with Gasteiger partial charge in [-0.2, -0.15) is 0 Å². The first kappa shape index (κ1) is 20.8. The maximum Gasteiger partial charge on any atom is 0.407 e. The molecule has 140 valence electrons. The number of nitrogens with zero attached hydrogens (tertiary/aromatic N) is 1. The van der Waals surface area contributed by atoms with E-state index >= 15 is 0 Å². The number of amides is 1. The van der Waals surface area contributed by atoms with Crippen LogP contribution in [-0.4, -0.2) is 52.2 Å². The van der Waals surface area contributed by atoms with Crippen LogP contribution in [0, 0.1) is 10.1 Å². The summed E-state index contributed by atoms with van der Waals surface area (Å²) < 4.78 is 36.8. The van der Waals surface area contributed by atoms with Crippen LogP contribution in [0.15, 0.2) is 12.1 Å². The molecule has 10 nitrogen and oxygen atoms in total. The summed E-state index contributed by atoms with van der Waals surface area (Å²) in [6.07, 6.45) is 0.241. The number of rotatable bonds is 9. The van der Waals surface area contributed by atoms with Crippen LogP contribution in [0.25, 0.3) is 0 Å². The van der Waals surface area contributed by atoms with Gasteiger partial charge >= 0.3 is 6.09 Å². The largest absolute Gasteiger partial charge is 0.493 e. The Kier molecular flexibility index (Phi) is 7.77. The molecule has 0 aliphatic heterocycles. The Hall–Kier alpha value is -2.21. The molecule has 25 heavy (non-hydrogen) atoms. The van der Waals surface area contributed by atoms with Crippen molar-refractivity contribution in [1.82, 2.24) is 5.32 Å². The number of alkyl carbamates (subject to hydrolysis) is 1. The number of nitro groups is 1. The number of ether oxygens (including phenoxy) is 3. The third-order valence-electron chi connectivity index (χ3n) is 2.81. The molecule has 0 atom stereocenters. The lowest BCUT2D eigenvalue weighted by Gasteiger charge is -2.11. The number of nitro benzene ring substituents is 1. The molecular formula is C13H18N2O8S2. The van der Waals surface area contributed by atoms with Crippen molar-refractivity contribution in [3.63, 3.8) is 0 Å². The number of hydrogen-bond acceptors (Lipinski definition) is 9. The summed E-state index contributed by atoms with van der Waals surface area (Å²) in [7, 11) is 0.227. The number of nitrogens with one attached hydrogen (secondary N) is 1. The molecule has 0 aliphatic carbocycles. The van der Waals surface area contributed by atoms with Crippen molar-refractivity contribution >= 4 is 31.4 Å². The number of benzene rings is 1. The average molecular weight is 394 g/mol. The number of methoxy groups -OCH3 is 2. The molecule has 0 saturated heterocycles. The Morgan fingerprint density at radius 3 is 2.40 bits per heavy atom. The summed E-state index contributed by atoms with van der Waals surface area (Å²) in [5.41, 5.74) is -0.151. The van der Waals surface area contributed by atoms with Crippen LogP contribution in [0.3, 0.4) is 0 Å². The molecule has 0 aliphatic rings. The molecule has 12 heteroatoms. The predicted molar refractivity (Wildman–Crippen MR) is 91.7 cm³/mol. The summed E-state index contributed by atoms with van der Waals surface area (Å²) >= 11 is 0. The van der Waals surface area contributed by atoms with Crippen molar-refractivity contribution in [3.8, 4) is 11.5 Å². The Bertz CT molecular complexity index is 736. The van der Waals surface area contributed by atoms with Crippen molar-refractivity contribution in [1.29, 1.82) is 0 Å². The Morgan fingerprint density at radius 2 is 1.88 bits per heavy atom. The molecule has 1 rings (SSSR count). The molecule has 0 aromatic heterocycles. The molecule has 1 aromatic carbocycles. The Morgan fingerprint density at radius 1 is 1.28 bits per heavy atom. The van der Waals surface area contributed by atoms with Crippen molar-refractivity contribution in [2.45, 2.75) is 6.61 Å². The van der Waals surface area contributed by atoms with E-state index in [0.717, 1.165) is 6.26 Å². The smallest absolute Gasteiger partial charge is 0.407 e. The summed E-state index contributed by atoms with van der Waals surface area (Å²) in [5, 5.41) is 13.5. The van der Waals surface area contributed by atoms with Gasteiger partial charge in [-0.1, -0.05) is 0 Å². The zero-order chi connectivity index (χ0) is 19.0. The van der Waals surface area contributed by atoms with E-state index in [0.29, 0.717) is 10.8 Å². The fraction of sp³-hybridized carbons (Fsp3) is 0.462. The molecule has 0 saturated carbocycles. The van der Waals surface area contributed by atoms with Crippen LogP contribution in [0.4, 0.5) is 10.5 Å². The summed E-state index contributed by atoms with van der Waals surface area (Å²) in [6.45, 7) is -0.285. The lowest BCUT2D eigenvalue weighted by molar-refractivity contribution is -0.385. The maximum absolute atomic E-state index is 11.6. The zero-order valence-electron chi connectivity index (χ0n) is 13.8. The summed E-state index contributed by atoms with van der Waals surface area (Å²) in [4.78, 5) is 22.1. The van der Waals surface area contributed by atoms with Gasteiger partial charge < -0.3 is 19.5 Å². The third kappa shape index (κ3) is 7.05. The topological polar surface area (TPSA) is 134 Å². The van der Waals surface area contributed by atoms with Crippen LogP contribution >= 0.6 is 10.8 Å². The van der Waals surface area contributed by atoms with Crippen LogP contribution in [0.1, 0.15) is 5.56 Å². The predicted octanol–water partition coefficient (Wildman–Crippen LogP) is 1.53. The van der Waals surface area contributed by atoms with E-state index < -0.39 is 19.9 Å². The quantitative estimate of drug-likeness (QED) is 0.286. The molecule has 0 spiro atoms. The van der Waals surface area contributed by atoms with Gasteiger partial charge in [-0.25, -0.2) is 13.2 Å². The molecule has 1 aromatic rings. The highest BCUT2D eigenvalue weighted by molar-refractivity contribution is 8.71. The first-order valence-corrected chi connectivity index (χ1v) is 10.2. The van der Waals surface area contributed by atoms with Gasteiger partial charge in [0.2, 0.25) is 0 Å². The van der Waals surface area contributed by atoms with E-state index in [1.165, 1.54) is 26.4 Å². The minimum Gasteiger partial charge on any atom is -0.493 e. The highest BCUT2D eigenvalue weighted by Crippen LogP contribution is 2.34. The SMILES string of the molecule is COc1cc(COC(=O)NCCSS(C)(=O)=O)c([N+](=O)[O-])cc1OC. The minimum absolute atomic E-state index is 0.0740. The first-order chi connectivity index (χ1) is 11.7. The van der Waals surface area contributed by atoms with Gasteiger partial charge in [-0.3, -0.25) is 10.1 Å². The summed E-state index contributed by atoms with van der Waals surface area (Å²) in [5.74, 6) is 0.599. The van der Waals surface area contributed by atoms with Gasteiger partial charge in [0.25, 0.3) is 5.69 Å². The van der Waals surface area contributed by atoms with Crippen LogP contribution in [0.2, 0.25) is 0 Å². The highest BCUT2D eigenvalue weighted by atomic mass is 33.1. The van der Waals surface area contributed by atoms with E-state index in [9.17, 15) is 23.3 Å². The third-order valence-corrected chi connectivity index (χ3v) is 5.39. The highest BCUT2D eigenvalue weighted by Gasteiger charge is 2.20. The molecule has 0 radical (unpaired) electrons. The molecule has 1 N–H and O–H groups in total. The fourth-order valence-electron chi connectivity index (χ4n) is 1.74. The molecule has 0 unspecified atom stereocenters. The van der Waals surface area contributed by atoms with E-state index in [1.807, 2.05) is 0 Å². The average Bonchev–Trinajstić information content (AvgIpc) is 2.54.